The van der Waals surface area contributed by atoms with E-state index in [4.69, 9.17) is 4.74 Å². The molecular formula is C14H24ClN5O3. The molecule has 1 aromatic heterocycles. The predicted octanol–water partition coefficient (Wildman–Crippen LogP) is 0.148. The van der Waals surface area contributed by atoms with Crippen molar-refractivity contribution in [1.82, 2.24) is 20.4 Å². The van der Waals surface area contributed by atoms with Crippen LogP contribution in [-0.2, 0) is 20.9 Å². The number of amides is 2. The van der Waals surface area contributed by atoms with Gasteiger partial charge in [-0.1, -0.05) is 0 Å². The number of carbonyl (C=O) groups is 2. The quantitative estimate of drug-likeness (QED) is 0.583. The van der Waals surface area contributed by atoms with Crippen molar-refractivity contribution in [1.29, 1.82) is 0 Å². The van der Waals surface area contributed by atoms with E-state index in [1.165, 1.54) is 4.68 Å². The van der Waals surface area contributed by atoms with Gasteiger partial charge in [0.05, 0.1) is 18.5 Å². The SMILES string of the molecule is COCCNC(=O)Cn1cc(NC(=O)CC2CCCN2)cn1.Cl. The summed E-state index contributed by atoms with van der Waals surface area (Å²) in [5, 5.41) is 12.9. The number of hydrogen-bond donors (Lipinski definition) is 3. The molecule has 0 spiro atoms. The molecule has 1 fully saturated rings. The topological polar surface area (TPSA) is 97.3 Å². The van der Waals surface area contributed by atoms with Crippen LogP contribution in [0, 0.1) is 0 Å². The molecule has 0 bridgehead atoms. The molecule has 1 unspecified atom stereocenters. The first-order chi connectivity index (χ1) is 10.7. The molecule has 0 aromatic carbocycles. The van der Waals surface area contributed by atoms with E-state index in [2.05, 4.69) is 21.0 Å². The van der Waals surface area contributed by atoms with Crippen LogP contribution in [0.25, 0.3) is 0 Å². The Labute approximate surface area is 141 Å². The summed E-state index contributed by atoms with van der Waals surface area (Å²) >= 11 is 0. The number of nitrogens with one attached hydrogen (secondary N) is 3. The fraction of sp³-hybridized carbons (Fsp3) is 0.643. The van der Waals surface area contributed by atoms with Crippen LogP contribution < -0.4 is 16.0 Å². The number of aromatic nitrogens is 2. The minimum atomic E-state index is -0.145. The van der Waals surface area contributed by atoms with E-state index in [1.807, 2.05) is 0 Å². The maximum absolute atomic E-state index is 11.9. The van der Waals surface area contributed by atoms with E-state index < -0.39 is 0 Å². The molecule has 1 aromatic rings. The molecule has 0 saturated carbocycles. The van der Waals surface area contributed by atoms with Crippen molar-refractivity contribution in [2.24, 2.45) is 0 Å². The Kier molecular flexibility index (Phi) is 8.60. The first kappa shape index (κ1) is 19.4. The number of nitrogens with zero attached hydrogens (tertiary/aromatic N) is 2. The third-order valence-corrected chi connectivity index (χ3v) is 3.45. The molecule has 130 valence electrons. The number of anilines is 1. The molecular weight excluding hydrogens is 322 g/mol. The molecule has 2 heterocycles. The van der Waals surface area contributed by atoms with Gasteiger partial charge in [0.1, 0.15) is 6.54 Å². The van der Waals surface area contributed by atoms with Crippen LogP contribution in [0.2, 0.25) is 0 Å². The predicted molar refractivity (Wildman–Crippen MR) is 88.6 cm³/mol. The smallest absolute Gasteiger partial charge is 0.241 e. The van der Waals surface area contributed by atoms with E-state index in [0.29, 0.717) is 25.3 Å². The first-order valence-corrected chi connectivity index (χ1v) is 7.48. The fourth-order valence-electron chi connectivity index (χ4n) is 2.38. The molecule has 3 N–H and O–H groups in total. The summed E-state index contributed by atoms with van der Waals surface area (Å²) in [6.45, 7) is 2.04. The second-order valence-corrected chi connectivity index (χ2v) is 5.31. The van der Waals surface area contributed by atoms with Gasteiger partial charge in [0.2, 0.25) is 11.8 Å². The van der Waals surface area contributed by atoms with Crippen molar-refractivity contribution in [2.75, 3.05) is 32.1 Å². The maximum atomic E-state index is 11.9. The molecule has 1 aliphatic rings. The van der Waals surface area contributed by atoms with Gasteiger partial charge in [-0.25, -0.2) is 0 Å². The van der Waals surface area contributed by atoms with Crippen molar-refractivity contribution in [2.45, 2.75) is 31.8 Å². The van der Waals surface area contributed by atoms with Crippen LogP contribution >= 0.6 is 12.4 Å². The largest absolute Gasteiger partial charge is 0.383 e. The molecule has 2 amide bonds. The van der Waals surface area contributed by atoms with Crippen LogP contribution in [0.1, 0.15) is 19.3 Å². The molecule has 8 nitrogen and oxygen atoms in total. The number of methoxy groups -OCH3 is 1. The Morgan fingerprint density at radius 1 is 1.48 bits per heavy atom. The van der Waals surface area contributed by atoms with Crippen molar-refractivity contribution in [3.8, 4) is 0 Å². The highest BCUT2D eigenvalue weighted by molar-refractivity contribution is 5.90. The zero-order chi connectivity index (χ0) is 15.8. The third kappa shape index (κ3) is 6.98. The van der Waals surface area contributed by atoms with Crippen molar-refractivity contribution < 1.29 is 14.3 Å². The Bertz CT molecular complexity index is 502. The monoisotopic (exact) mass is 345 g/mol. The zero-order valence-electron chi connectivity index (χ0n) is 13.2. The highest BCUT2D eigenvalue weighted by atomic mass is 35.5. The lowest BCUT2D eigenvalue weighted by Crippen LogP contribution is -2.30. The normalized spacial score (nSPS) is 16.7. The fourth-order valence-corrected chi connectivity index (χ4v) is 2.38. The lowest BCUT2D eigenvalue weighted by atomic mass is 10.1. The average Bonchev–Trinajstić information content (AvgIpc) is 3.11. The van der Waals surface area contributed by atoms with E-state index in [-0.39, 0.29) is 36.8 Å². The molecule has 1 atom stereocenters. The van der Waals surface area contributed by atoms with Gasteiger partial charge >= 0.3 is 0 Å². The van der Waals surface area contributed by atoms with Gasteiger partial charge in [0.25, 0.3) is 0 Å². The maximum Gasteiger partial charge on any atom is 0.241 e. The Morgan fingerprint density at radius 2 is 2.30 bits per heavy atom. The molecule has 1 saturated heterocycles. The summed E-state index contributed by atoms with van der Waals surface area (Å²) in [6.07, 6.45) is 5.81. The van der Waals surface area contributed by atoms with Crippen LogP contribution in [0.4, 0.5) is 5.69 Å². The van der Waals surface area contributed by atoms with Crippen LogP contribution in [0.15, 0.2) is 12.4 Å². The number of hydrogen-bond acceptors (Lipinski definition) is 5. The number of rotatable bonds is 8. The molecule has 2 rings (SSSR count). The first-order valence-electron chi connectivity index (χ1n) is 7.48. The molecule has 9 heteroatoms. The van der Waals surface area contributed by atoms with Gasteiger partial charge in [0.15, 0.2) is 0 Å². The van der Waals surface area contributed by atoms with Gasteiger partial charge in [-0.3, -0.25) is 14.3 Å². The van der Waals surface area contributed by atoms with Crippen molar-refractivity contribution in [3.63, 3.8) is 0 Å². The standard InChI is InChI=1S/C14H23N5O3.ClH/c1-22-6-5-16-14(21)10-19-9-12(8-17-19)18-13(20)7-11-3-2-4-15-11;/h8-9,11,15H,2-7,10H2,1H3,(H,16,21)(H,18,20);1H. The Hall–Kier alpha value is -1.64. The van der Waals surface area contributed by atoms with Gasteiger partial charge in [0, 0.05) is 32.3 Å². The number of ether oxygens (including phenoxy) is 1. The van der Waals surface area contributed by atoms with E-state index in [9.17, 15) is 9.59 Å². The van der Waals surface area contributed by atoms with E-state index in [0.717, 1.165) is 19.4 Å². The lowest BCUT2D eigenvalue weighted by molar-refractivity contribution is -0.122. The summed E-state index contributed by atoms with van der Waals surface area (Å²) in [5.74, 6) is -0.184. The summed E-state index contributed by atoms with van der Waals surface area (Å²) in [7, 11) is 1.58. The Balaban J connectivity index is 0.00000264. The summed E-state index contributed by atoms with van der Waals surface area (Å²) < 4.78 is 6.35. The molecule has 1 aliphatic heterocycles. The zero-order valence-corrected chi connectivity index (χ0v) is 14.0. The molecule has 23 heavy (non-hydrogen) atoms. The molecule has 0 radical (unpaired) electrons. The van der Waals surface area contributed by atoms with Gasteiger partial charge in [-0.2, -0.15) is 5.10 Å². The second-order valence-electron chi connectivity index (χ2n) is 5.31. The second kappa shape index (κ2) is 10.2. The van der Waals surface area contributed by atoms with Crippen LogP contribution in [0.3, 0.4) is 0 Å². The molecule has 0 aliphatic carbocycles. The Morgan fingerprint density at radius 3 is 3.00 bits per heavy atom. The average molecular weight is 346 g/mol. The highest BCUT2D eigenvalue weighted by Gasteiger charge is 2.18. The highest BCUT2D eigenvalue weighted by Crippen LogP contribution is 2.11. The van der Waals surface area contributed by atoms with Crippen molar-refractivity contribution >= 4 is 29.9 Å². The van der Waals surface area contributed by atoms with Gasteiger partial charge < -0.3 is 20.7 Å². The van der Waals surface area contributed by atoms with E-state index in [1.54, 1.807) is 19.5 Å². The van der Waals surface area contributed by atoms with Crippen molar-refractivity contribution in [3.05, 3.63) is 12.4 Å². The summed E-state index contributed by atoms with van der Waals surface area (Å²) in [6, 6.07) is 0.265. The number of carbonyl (C=O) groups excluding carboxylic acids is 2. The number of halogens is 1. The van der Waals surface area contributed by atoms with Gasteiger partial charge in [-0.05, 0) is 19.4 Å². The van der Waals surface area contributed by atoms with Crippen LogP contribution in [-0.4, -0.2) is 54.4 Å². The summed E-state index contributed by atoms with van der Waals surface area (Å²) in [4.78, 5) is 23.5. The lowest BCUT2D eigenvalue weighted by Gasteiger charge is -2.09. The summed E-state index contributed by atoms with van der Waals surface area (Å²) in [5.41, 5.74) is 0.604. The minimum absolute atomic E-state index is 0. The van der Waals surface area contributed by atoms with E-state index >= 15 is 0 Å². The minimum Gasteiger partial charge on any atom is -0.383 e. The van der Waals surface area contributed by atoms with Crippen LogP contribution in [0.5, 0.6) is 0 Å². The van der Waals surface area contributed by atoms with Gasteiger partial charge in [-0.15, -0.1) is 12.4 Å². The third-order valence-electron chi connectivity index (χ3n) is 3.45.